The number of rotatable bonds is 5. The maximum Gasteiger partial charge on any atom is 0.310 e. The summed E-state index contributed by atoms with van der Waals surface area (Å²) in [6, 6.07) is 6.97. The van der Waals surface area contributed by atoms with E-state index in [0.29, 0.717) is 15.7 Å². The summed E-state index contributed by atoms with van der Waals surface area (Å²) in [5.41, 5.74) is -2.97. The summed E-state index contributed by atoms with van der Waals surface area (Å²) < 4.78 is 0. The summed E-state index contributed by atoms with van der Waals surface area (Å²) in [6.45, 7) is 12.0. The number of hydrogen-bond acceptors (Lipinski definition) is 5. The highest BCUT2D eigenvalue weighted by Crippen LogP contribution is 2.60. The van der Waals surface area contributed by atoms with Gasteiger partial charge < -0.3 is 20.4 Å². The van der Waals surface area contributed by atoms with E-state index in [0.717, 1.165) is 0 Å². The Hall–Kier alpha value is -2.07. The van der Waals surface area contributed by atoms with Gasteiger partial charge in [0, 0.05) is 45.5 Å². The lowest BCUT2D eigenvalue weighted by Crippen LogP contribution is -2.55. The Morgan fingerprint density at radius 3 is 2.16 bits per heavy atom. The molecule has 3 heterocycles. The predicted octanol–water partition coefficient (Wildman–Crippen LogP) is 6.71. The van der Waals surface area contributed by atoms with Crippen LogP contribution in [0.25, 0.3) is 0 Å². The van der Waals surface area contributed by atoms with Crippen molar-refractivity contribution in [3.05, 3.63) is 56.0 Å². The molecule has 2 aromatic rings. The molecule has 5 rings (SSSR count). The molecule has 0 aliphatic carbocycles. The molecule has 2 amide bonds. The molecule has 12 heteroatoms. The van der Waals surface area contributed by atoms with Gasteiger partial charge in [-0.05, 0) is 54.5 Å². The number of carboxylic acid groups (broad SMARTS) is 1. The van der Waals surface area contributed by atoms with Gasteiger partial charge in [-0.1, -0.05) is 81.0 Å². The Balaban J connectivity index is 1.75. The molecule has 3 aliphatic rings. The second-order valence-electron chi connectivity index (χ2n) is 14.0. The molecule has 0 saturated carbocycles. The van der Waals surface area contributed by atoms with Crippen molar-refractivity contribution >= 4 is 75.6 Å². The number of nitrogens with zero attached hydrogens (tertiary/aromatic N) is 2. The molecule has 0 radical (unpaired) electrons. The highest BCUT2D eigenvalue weighted by atomic mass is 35.5. The summed E-state index contributed by atoms with van der Waals surface area (Å²) in [6.07, 6.45) is 0.0681. The molecule has 1 spiro atoms. The smallest absolute Gasteiger partial charge is 0.310 e. The van der Waals surface area contributed by atoms with Crippen molar-refractivity contribution in [2.45, 2.75) is 65.1 Å². The average molecular weight is 671 g/mol. The van der Waals surface area contributed by atoms with Crippen LogP contribution >= 0.6 is 46.4 Å². The van der Waals surface area contributed by atoms with Gasteiger partial charge in [0.15, 0.2) is 0 Å². The Labute approximate surface area is 271 Å². The van der Waals surface area contributed by atoms with Crippen molar-refractivity contribution in [1.29, 1.82) is 0 Å². The largest absolute Gasteiger partial charge is 0.481 e. The number of carbonyl (C=O) groups excluding carboxylic acids is 2. The summed E-state index contributed by atoms with van der Waals surface area (Å²) in [5.74, 6) is -5.25. The fourth-order valence-electron chi connectivity index (χ4n) is 6.85. The van der Waals surface area contributed by atoms with Gasteiger partial charge in [0.2, 0.25) is 5.91 Å². The first-order valence-electron chi connectivity index (χ1n) is 14.0. The molecule has 8 nitrogen and oxygen atoms in total. The third-order valence-electron chi connectivity index (χ3n) is 9.85. The van der Waals surface area contributed by atoms with Crippen LogP contribution in [0.2, 0.25) is 20.1 Å². The maximum absolute atomic E-state index is 15.0. The van der Waals surface area contributed by atoms with Gasteiger partial charge >= 0.3 is 5.97 Å². The first-order chi connectivity index (χ1) is 19.7. The molecule has 5 atom stereocenters. The van der Waals surface area contributed by atoms with E-state index >= 15 is 4.79 Å². The third kappa shape index (κ3) is 5.12. The number of nitrogens with one attached hydrogen (secondary N) is 1. The minimum atomic E-state index is -1.85. The van der Waals surface area contributed by atoms with Crippen LogP contribution in [0.1, 0.15) is 53.5 Å². The number of anilines is 2. The van der Waals surface area contributed by atoms with Gasteiger partial charge in [0.05, 0.1) is 22.2 Å². The van der Waals surface area contributed by atoms with Gasteiger partial charge in [-0.3, -0.25) is 19.3 Å². The topological polar surface area (TPSA) is 110 Å². The molecule has 2 saturated heterocycles. The van der Waals surface area contributed by atoms with Gasteiger partial charge in [-0.2, -0.15) is 0 Å². The van der Waals surface area contributed by atoms with E-state index in [9.17, 15) is 19.8 Å². The van der Waals surface area contributed by atoms with Crippen LogP contribution in [0.3, 0.4) is 0 Å². The van der Waals surface area contributed by atoms with Crippen LogP contribution < -0.4 is 10.2 Å². The lowest BCUT2D eigenvalue weighted by Gasteiger charge is -2.43. The van der Waals surface area contributed by atoms with Crippen LogP contribution in [-0.4, -0.2) is 57.6 Å². The van der Waals surface area contributed by atoms with Crippen LogP contribution in [0, 0.1) is 22.7 Å². The molecule has 3 aliphatic heterocycles. The Kier molecular flexibility index (Phi) is 7.89. The van der Waals surface area contributed by atoms with Crippen LogP contribution in [-0.2, 0) is 19.9 Å². The zero-order chi connectivity index (χ0) is 32.0. The van der Waals surface area contributed by atoms with Crippen molar-refractivity contribution in [2.75, 3.05) is 23.3 Å². The minimum absolute atomic E-state index is 0.0430. The first kappa shape index (κ1) is 32.3. The lowest BCUT2D eigenvalue weighted by molar-refractivity contribution is -0.153. The molecular weight excluding hydrogens is 636 g/mol. The number of aliphatic hydroxyl groups is 1. The predicted molar refractivity (Wildman–Crippen MR) is 169 cm³/mol. The quantitative estimate of drug-likeness (QED) is 0.326. The molecule has 0 bridgehead atoms. The average Bonchev–Trinajstić information content (AvgIpc) is 3.41. The summed E-state index contributed by atoms with van der Waals surface area (Å²) in [4.78, 5) is 45.7. The summed E-state index contributed by atoms with van der Waals surface area (Å²) in [5, 5.41) is 25.9. The first-order valence-corrected chi connectivity index (χ1v) is 15.5. The number of carboxylic acids is 1. The van der Waals surface area contributed by atoms with E-state index < -0.39 is 52.2 Å². The monoisotopic (exact) mass is 669 g/mol. The number of aliphatic carboxylic acids is 1. The molecule has 2 fully saturated rings. The minimum Gasteiger partial charge on any atom is -0.481 e. The summed E-state index contributed by atoms with van der Waals surface area (Å²) >= 11 is 25.7. The van der Waals surface area contributed by atoms with E-state index in [1.165, 1.54) is 17.0 Å². The molecule has 2 aromatic carbocycles. The van der Waals surface area contributed by atoms with Crippen LogP contribution in [0.4, 0.5) is 11.4 Å². The maximum atomic E-state index is 15.0. The highest BCUT2D eigenvalue weighted by Gasteiger charge is 2.73. The Morgan fingerprint density at radius 2 is 1.60 bits per heavy atom. The lowest BCUT2D eigenvalue weighted by atomic mass is 9.68. The molecule has 232 valence electrons. The normalized spacial score (nSPS) is 28.6. The van der Waals surface area contributed by atoms with E-state index in [4.69, 9.17) is 46.4 Å². The molecular formula is C31H35Cl4N3O5. The number of hydrogen-bond donors (Lipinski definition) is 3. The molecule has 3 N–H and O–H groups in total. The van der Waals surface area contributed by atoms with Crippen molar-refractivity contribution < 1.29 is 24.6 Å². The van der Waals surface area contributed by atoms with Crippen molar-refractivity contribution in [2.24, 2.45) is 22.7 Å². The van der Waals surface area contributed by atoms with Gasteiger partial charge in [-0.25, -0.2) is 0 Å². The zero-order valence-corrected chi connectivity index (χ0v) is 27.8. The van der Waals surface area contributed by atoms with Crippen LogP contribution in [0.5, 0.6) is 0 Å². The molecule has 43 heavy (non-hydrogen) atoms. The van der Waals surface area contributed by atoms with E-state index in [2.05, 4.69) is 26.1 Å². The second kappa shape index (κ2) is 10.5. The molecule has 0 aromatic heterocycles. The molecule has 0 unspecified atom stereocenters. The van der Waals surface area contributed by atoms with Gasteiger partial charge in [0.25, 0.3) is 5.91 Å². The Morgan fingerprint density at radius 1 is 1.02 bits per heavy atom. The van der Waals surface area contributed by atoms with Crippen molar-refractivity contribution in [3.63, 3.8) is 0 Å². The zero-order valence-electron chi connectivity index (χ0n) is 24.8. The van der Waals surface area contributed by atoms with E-state index in [-0.39, 0.29) is 46.2 Å². The van der Waals surface area contributed by atoms with Crippen molar-refractivity contribution in [3.8, 4) is 0 Å². The number of fused-ring (bicyclic) bond motifs is 4. The van der Waals surface area contributed by atoms with Gasteiger partial charge in [0.1, 0.15) is 11.5 Å². The second-order valence-corrected chi connectivity index (χ2v) is 15.7. The summed E-state index contributed by atoms with van der Waals surface area (Å²) in [7, 11) is 0. The highest BCUT2D eigenvalue weighted by molar-refractivity contribution is 6.38. The fraction of sp³-hybridized carbons (Fsp3) is 0.516. The number of benzene rings is 2. The fourth-order valence-corrected chi connectivity index (χ4v) is 7.90. The number of amides is 2. The SMILES string of the molecule is CC(C)(C)C(C)(C)CN(C(=O)[C@H]1[C@H]2C[C@](C)(O)CN2[C@]2(C(=O)Nc3c(Cl)cc(Cl)cc32)[C@H]1C(=O)O)c1cc(Cl)cc(Cl)c1. The van der Waals surface area contributed by atoms with Crippen LogP contribution in [0.15, 0.2) is 30.3 Å². The van der Waals surface area contributed by atoms with E-state index in [1.807, 2.05) is 13.8 Å². The Bertz CT molecular complexity index is 1520. The van der Waals surface area contributed by atoms with E-state index in [1.54, 1.807) is 30.0 Å². The third-order valence-corrected chi connectivity index (χ3v) is 10.8. The standard InChI is InChI=1S/C31H35Cl4N3O5/c1-28(2,3)29(4,5)13-37(18-8-15(32)7-16(33)9-18)25(39)22-21-12-30(6,43)14-38(21)31(23(22)26(40)41)19-10-17(34)11-20(35)24(19)36-27(31)42/h7-11,21-23,43H,12-14H2,1-6H3,(H,36,42)(H,40,41)/t21-,22+,23-,30+,31+/m1/s1. The van der Waals surface area contributed by atoms with Gasteiger partial charge in [-0.15, -0.1) is 0 Å². The number of halogens is 4. The number of carbonyl (C=O) groups is 3. The van der Waals surface area contributed by atoms with Crippen molar-refractivity contribution in [1.82, 2.24) is 4.90 Å².